The summed E-state index contributed by atoms with van der Waals surface area (Å²) >= 11 is 6.55. The van der Waals surface area contributed by atoms with Gasteiger partial charge in [0.05, 0.1) is 19.3 Å². The quantitative estimate of drug-likeness (QED) is 0.885. The SMILES string of the molecule is CC(NC1CCC(O)CC1)c1ccc(N2CCOCC2)cc1Cl. The van der Waals surface area contributed by atoms with Gasteiger partial charge in [-0.1, -0.05) is 17.7 Å². The maximum atomic E-state index is 9.61. The number of nitrogens with zero attached hydrogens (tertiary/aromatic N) is 1. The monoisotopic (exact) mass is 338 g/mol. The largest absolute Gasteiger partial charge is 0.393 e. The van der Waals surface area contributed by atoms with E-state index in [1.165, 1.54) is 5.69 Å². The van der Waals surface area contributed by atoms with Crippen LogP contribution in [0.4, 0.5) is 5.69 Å². The van der Waals surface area contributed by atoms with Gasteiger partial charge in [-0.3, -0.25) is 0 Å². The second-order valence-corrected chi connectivity index (χ2v) is 7.11. The lowest BCUT2D eigenvalue weighted by Crippen LogP contribution is -2.37. The van der Waals surface area contributed by atoms with Crippen molar-refractivity contribution in [3.63, 3.8) is 0 Å². The van der Waals surface area contributed by atoms with E-state index in [2.05, 4.69) is 35.3 Å². The van der Waals surface area contributed by atoms with Crippen molar-refractivity contribution in [2.75, 3.05) is 31.2 Å². The van der Waals surface area contributed by atoms with Crippen molar-refractivity contribution < 1.29 is 9.84 Å². The number of benzene rings is 1. The second kappa shape index (κ2) is 7.84. The molecule has 1 atom stereocenters. The molecule has 1 heterocycles. The zero-order valence-corrected chi connectivity index (χ0v) is 14.6. The summed E-state index contributed by atoms with van der Waals surface area (Å²) < 4.78 is 5.40. The summed E-state index contributed by atoms with van der Waals surface area (Å²) in [7, 11) is 0. The van der Waals surface area contributed by atoms with Gasteiger partial charge in [-0.2, -0.15) is 0 Å². The van der Waals surface area contributed by atoms with Crippen molar-refractivity contribution in [2.24, 2.45) is 0 Å². The first kappa shape index (κ1) is 17.0. The number of rotatable bonds is 4. The zero-order chi connectivity index (χ0) is 16.2. The van der Waals surface area contributed by atoms with Crippen molar-refractivity contribution in [3.8, 4) is 0 Å². The Bertz CT molecular complexity index is 512. The van der Waals surface area contributed by atoms with Crippen LogP contribution in [0.2, 0.25) is 5.02 Å². The average molecular weight is 339 g/mol. The number of ether oxygens (including phenoxy) is 1. The highest BCUT2D eigenvalue weighted by molar-refractivity contribution is 6.31. The minimum Gasteiger partial charge on any atom is -0.393 e. The summed E-state index contributed by atoms with van der Waals surface area (Å²) in [5, 5.41) is 14.1. The van der Waals surface area contributed by atoms with Crippen LogP contribution >= 0.6 is 11.6 Å². The van der Waals surface area contributed by atoms with Crippen LogP contribution in [0.5, 0.6) is 0 Å². The van der Waals surface area contributed by atoms with Gasteiger partial charge in [-0.15, -0.1) is 0 Å². The number of aliphatic hydroxyl groups excluding tert-OH is 1. The highest BCUT2D eigenvalue weighted by Crippen LogP contribution is 2.30. The Morgan fingerprint density at radius 2 is 1.91 bits per heavy atom. The molecule has 0 aromatic heterocycles. The van der Waals surface area contributed by atoms with E-state index in [1.807, 2.05) is 0 Å². The molecule has 0 radical (unpaired) electrons. The minimum absolute atomic E-state index is 0.111. The van der Waals surface area contributed by atoms with Crippen LogP contribution in [0.15, 0.2) is 18.2 Å². The van der Waals surface area contributed by atoms with Crippen LogP contribution < -0.4 is 10.2 Å². The van der Waals surface area contributed by atoms with Crippen LogP contribution in [-0.4, -0.2) is 43.6 Å². The van der Waals surface area contributed by atoms with Crippen LogP contribution in [0.3, 0.4) is 0 Å². The molecule has 0 spiro atoms. The standard InChI is InChI=1S/C18H27ClN2O2/c1-13(20-14-2-5-16(22)6-3-14)17-7-4-15(12-18(17)19)21-8-10-23-11-9-21/h4,7,12-14,16,20,22H,2-3,5-6,8-11H2,1H3. The Morgan fingerprint density at radius 1 is 1.22 bits per heavy atom. The lowest BCUT2D eigenvalue weighted by molar-refractivity contribution is 0.114. The molecule has 1 aromatic carbocycles. The van der Waals surface area contributed by atoms with Crippen LogP contribution in [-0.2, 0) is 4.74 Å². The molecule has 1 unspecified atom stereocenters. The van der Waals surface area contributed by atoms with Gasteiger partial charge < -0.3 is 20.1 Å². The first-order valence-corrected chi connectivity index (χ1v) is 9.07. The van der Waals surface area contributed by atoms with Crippen molar-refractivity contribution in [1.29, 1.82) is 0 Å². The smallest absolute Gasteiger partial charge is 0.0642 e. The molecule has 2 fully saturated rings. The molecule has 5 heteroatoms. The summed E-state index contributed by atoms with van der Waals surface area (Å²) in [6.07, 6.45) is 3.76. The molecule has 1 saturated carbocycles. The summed E-state index contributed by atoms with van der Waals surface area (Å²) in [5.41, 5.74) is 2.32. The highest BCUT2D eigenvalue weighted by Gasteiger charge is 2.22. The van der Waals surface area contributed by atoms with E-state index < -0.39 is 0 Å². The van der Waals surface area contributed by atoms with Crippen LogP contribution in [0, 0.1) is 0 Å². The van der Waals surface area contributed by atoms with Crippen molar-refractivity contribution in [3.05, 3.63) is 28.8 Å². The summed E-state index contributed by atoms with van der Waals surface area (Å²) in [6.45, 7) is 5.58. The molecule has 128 valence electrons. The lowest BCUT2D eigenvalue weighted by atomic mass is 9.92. The van der Waals surface area contributed by atoms with Crippen LogP contribution in [0.25, 0.3) is 0 Å². The number of aliphatic hydroxyl groups is 1. The molecule has 1 aliphatic heterocycles. The van der Waals surface area contributed by atoms with E-state index >= 15 is 0 Å². The number of hydrogen-bond donors (Lipinski definition) is 2. The molecule has 1 aromatic rings. The van der Waals surface area contributed by atoms with Crippen molar-refractivity contribution in [2.45, 2.75) is 50.8 Å². The van der Waals surface area contributed by atoms with E-state index in [1.54, 1.807) is 0 Å². The topological polar surface area (TPSA) is 44.7 Å². The Kier molecular flexibility index (Phi) is 5.81. The average Bonchev–Trinajstić information content (AvgIpc) is 2.57. The Labute approximate surface area is 143 Å². The fraction of sp³-hybridized carbons (Fsp3) is 0.667. The predicted molar refractivity (Wildman–Crippen MR) is 94.3 cm³/mol. The summed E-state index contributed by atoms with van der Waals surface area (Å²) in [6, 6.07) is 7.08. The fourth-order valence-corrected chi connectivity index (χ4v) is 3.91. The van der Waals surface area contributed by atoms with E-state index in [4.69, 9.17) is 16.3 Å². The molecule has 0 amide bonds. The van der Waals surface area contributed by atoms with Crippen molar-refractivity contribution in [1.82, 2.24) is 5.32 Å². The van der Waals surface area contributed by atoms with Gasteiger partial charge in [-0.25, -0.2) is 0 Å². The first-order valence-electron chi connectivity index (χ1n) is 8.69. The van der Waals surface area contributed by atoms with Gasteiger partial charge in [-0.05, 0) is 50.3 Å². The van der Waals surface area contributed by atoms with E-state index in [-0.39, 0.29) is 12.1 Å². The predicted octanol–water partition coefficient (Wildman–Crippen LogP) is 3.13. The number of nitrogens with one attached hydrogen (secondary N) is 1. The van der Waals surface area contributed by atoms with E-state index in [0.29, 0.717) is 6.04 Å². The van der Waals surface area contributed by atoms with Gasteiger partial charge in [0.15, 0.2) is 0 Å². The third-order valence-electron chi connectivity index (χ3n) is 5.01. The van der Waals surface area contributed by atoms with E-state index in [9.17, 15) is 5.11 Å². The van der Waals surface area contributed by atoms with Gasteiger partial charge in [0, 0.05) is 35.9 Å². The Balaban J connectivity index is 1.62. The molecule has 2 N–H and O–H groups in total. The molecule has 3 rings (SSSR count). The fourth-order valence-electron chi connectivity index (χ4n) is 3.57. The summed E-state index contributed by atoms with van der Waals surface area (Å²) in [5.74, 6) is 0. The van der Waals surface area contributed by atoms with Crippen molar-refractivity contribution >= 4 is 17.3 Å². The maximum Gasteiger partial charge on any atom is 0.0642 e. The third kappa shape index (κ3) is 4.38. The lowest BCUT2D eigenvalue weighted by Gasteiger charge is -2.31. The zero-order valence-electron chi connectivity index (χ0n) is 13.8. The van der Waals surface area contributed by atoms with Gasteiger partial charge in [0.2, 0.25) is 0 Å². The molecule has 1 saturated heterocycles. The number of halogens is 1. The second-order valence-electron chi connectivity index (χ2n) is 6.70. The van der Waals surface area contributed by atoms with Crippen LogP contribution in [0.1, 0.15) is 44.2 Å². The first-order chi connectivity index (χ1) is 11.1. The summed E-state index contributed by atoms with van der Waals surface area (Å²) in [4.78, 5) is 2.32. The van der Waals surface area contributed by atoms with Gasteiger partial charge in [0.25, 0.3) is 0 Å². The molecule has 4 nitrogen and oxygen atoms in total. The van der Waals surface area contributed by atoms with Gasteiger partial charge in [0.1, 0.15) is 0 Å². The van der Waals surface area contributed by atoms with Gasteiger partial charge >= 0.3 is 0 Å². The number of hydrogen-bond acceptors (Lipinski definition) is 4. The minimum atomic E-state index is -0.111. The molecule has 1 aliphatic carbocycles. The normalized spacial score (nSPS) is 27.0. The molecular weight excluding hydrogens is 312 g/mol. The molecular formula is C18H27ClN2O2. The highest BCUT2D eigenvalue weighted by atomic mass is 35.5. The Morgan fingerprint density at radius 3 is 2.57 bits per heavy atom. The Hall–Kier alpha value is -0.810. The molecule has 23 heavy (non-hydrogen) atoms. The van der Waals surface area contributed by atoms with E-state index in [0.717, 1.165) is 62.6 Å². The maximum absolute atomic E-state index is 9.61. The number of anilines is 1. The number of morpholine rings is 1. The molecule has 0 bridgehead atoms. The third-order valence-corrected chi connectivity index (χ3v) is 5.34. The molecule has 2 aliphatic rings.